The summed E-state index contributed by atoms with van der Waals surface area (Å²) in [6.45, 7) is 0. The molecule has 2 nitrogen and oxygen atoms in total. The molecule has 8 heavy (non-hydrogen) atoms. The van der Waals surface area contributed by atoms with E-state index >= 15 is 0 Å². The van der Waals surface area contributed by atoms with Gasteiger partial charge in [0.25, 0.3) is 0 Å². The summed E-state index contributed by atoms with van der Waals surface area (Å²) in [6, 6.07) is 0. The first-order chi connectivity index (χ1) is 3.68. The first-order valence-corrected chi connectivity index (χ1v) is 3.35. The highest BCUT2D eigenvalue weighted by atomic mass is 32.1. The number of thiol groups is 2. The minimum absolute atomic E-state index is 0.515. The largest absolute Gasteiger partial charge is 0.480 e. The van der Waals surface area contributed by atoms with Crippen LogP contribution >= 0.6 is 25.3 Å². The van der Waals surface area contributed by atoms with E-state index in [1.54, 1.807) is 0 Å². The van der Waals surface area contributed by atoms with Crippen LogP contribution in [0.1, 0.15) is 6.42 Å². The third kappa shape index (κ3) is 3.21. The highest BCUT2D eigenvalue weighted by molar-refractivity contribution is 7.82. The SMILES string of the molecule is O=C(O)[C@H](S)CCS. The fourth-order valence-electron chi connectivity index (χ4n) is 0.246. The van der Waals surface area contributed by atoms with E-state index in [-0.39, 0.29) is 0 Å². The van der Waals surface area contributed by atoms with Crippen molar-refractivity contribution in [3.63, 3.8) is 0 Å². The van der Waals surface area contributed by atoms with Crippen LogP contribution in [0.15, 0.2) is 0 Å². The molecule has 0 aliphatic heterocycles. The van der Waals surface area contributed by atoms with Gasteiger partial charge in [-0.05, 0) is 12.2 Å². The predicted molar refractivity (Wildman–Crippen MR) is 38.9 cm³/mol. The third-order valence-electron chi connectivity index (χ3n) is 0.688. The highest BCUT2D eigenvalue weighted by Gasteiger charge is 2.08. The molecular weight excluding hydrogens is 144 g/mol. The molecule has 0 radical (unpaired) electrons. The zero-order valence-corrected chi connectivity index (χ0v) is 6.03. The van der Waals surface area contributed by atoms with Crippen LogP contribution in [0, 0.1) is 0 Å². The maximum atomic E-state index is 9.98. The molecule has 0 spiro atoms. The van der Waals surface area contributed by atoms with Crippen LogP contribution in [0.3, 0.4) is 0 Å². The number of carboxylic acids is 1. The minimum Gasteiger partial charge on any atom is -0.480 e. The van der Waals surface area contributed by atoms with Gasteiger partial charge >= 0.3 is 5.97 Å². The van der Waals surface area contributed by atoms with Gasteiger partial charge in [-0.15, -0.1) is 0 Å². The van der Waals surface area contributed by atoms with Crippen molar-refractivity contribution in [1.82, 2.24) is 0 Å². The van der Waals surface area contributed by atoms with Gasteiger partial charge in [0.15, 0.2) is 0 Å². The second kappa shape index (κ2) is 4.09. The van der Waals surface area contributed by atoms with Crippen LogP contribution in [-0.2, 0) is 4.79 Å². The van der Waals surface area contributed by atoms with E-state index in [0.29, 0.717) is 12.2 Å². The monoisotopic (exact) mass is 152 g/mol. The fraction of sp³-hybridized carbons (Fsp3) is 0.750. The van der Waals surface area contributed by atoms with Crippen molar-refractivity contribution in [2.75, 3.05) is 5.75 Å². The van der Waals surface area contributed by atoms with Crippen LogP contribution in [0.25, 0.3) is 0 Å². The lowest BCUT2D eigenvalue weighted by atomic mass is 10.3. The van der Waals surface area contributed by atoms with Gasteiger partial charge in [0.2, 0.25) is 0 Å². The van der Waals surface area contributed by atoms with E-state index in [0.717, 1.165) is 0 Å². The lowest BCUT2D eigenvalue weighted by Gasteiger charge is -1.98. The maximum absolute atomic E-state index is 9.98. The quantitative estimate of drug-likeness (QED) is 0.520. The Hall–Kier alpha value is 0.170. The van der Waals surface area contributed by atoms with E-state index in [1.165, 1.54) is 0 Å². The molecule has 0 saturated heterocycles. The molecule has 0 bridgehead atoms. The number of aliphatic carboxylic acids is 1. The summed E-state index contributed by atoms with van der Waals surface area (Å²) in [5.74, 6) is -0.303. The summed E-state index contributed by atoms with van der Waals surface area (Å²) in [4.78, 5) is 9.98. The molecule has 4 heteroatoms. The van der Waals surface area contributed by atoms with E-state index in [4.69, 9.17) is 5.11 Å². The Bertz CT molecular complexity index is 84.1. The molecule has 0 aromatic heterocycles. The molecule has 0 heterocycles. The Morgan fingerprint density at radius 2 is 2.25 bits per heavy atom. The molecule has 0 aromatic rings. The van der Waals surface area contributed by atoms with E-state index in [9.17, 15) is 4.79 Å². The molecule has 0 aliphatic carbocycles. The zero-order chi connectivity index (χ0) is 6.57. The van der Waals surface area contributed by atoms with Gasteiger partial charge in [0.05, 0.1) is 0 Å². The van der Waals surface area contributed by atoms with Crippen molar-refractivity contribution in [2.24, 2.45) is 0 Å². The lowest BCUT2D eigenvalue weighted by molar-refractivity contribution is -0.136. The standard InChI is InChI=1S/C4H8O2S2/c5-4(6)3(8)1-2-7/h3,7-8H,1-2H2,(H,5,6)/t3-/m1/s1. The van der Waals surface area contributed by atoms with Crippen molar-refractivity contribution in [3.05, 3.63) is 0 Å². The number of hydrogen-bond acceptors (Lipinski definition) is 3. The molecule has 0 amide bonds. The summed E-state index contributed by atoms with van der Waals surface area (Å²) in [5, 5.41) is 7.65. The zero-order valence-electron chi connectivity index (χ0n) is 4.24. The Balaban J connectivity index is 3.32. The third-order valence-corrected chi connectivity index (χ3v) is 1.42. The summed E-state index contributed by atoms with van der Waals surface area (Å²) in [7, 11) is 0. The first-order valence-electron chi connectivity index (χ1n) is 2.20. The Labute approximate surface area is 59.1 Å². The van der Waals surface area contributed by atoms with Gasteiger partial charge in [-0.3, -0.25) is 4.79 Å². The summed E-state index contributed by atoms with van der Waals surface area (Å²) in [5.41, 5.74) is 0. The first kappa shape index (κ1) is 8.17. The maximum Gasteiger partial charge on any atom is 0.316 e. The Kier molecular flexibility index (Phi) is 4.18. The van der Waals surface area contributed by atoms with E-state index in [2.05, 4.69) is 25.3 Å². The average molecular weight is 152 g/mol. The molecule has 0 aliphatic rings. The van der Waals surface area contributed by atoms with Gasteiger partial charge in [-0.2, -0.15) is 25.3 Å². The van der Waals surface area contributed by atoms with Crippen LogP contribution in [-0.4, -0.2) is 22.1 Å². The lowest BCUT2D eigenvalue weighted by Crippen LogP contribution is -2.13. The smallest absolute Gasteiger partial charge is 0.316 e. The molecule has 0 rings (SSSR count). The van der Waals surface area contributed by atoms with Gasteiger partial charge < -0.3 is 5.11 Å². The fourth-order valence-corrected chi connectivity index (χ4v) is 0.837. The Morgan fingerprint density at radius 1 is 1.75 bits per heavy atom. The van der Waals surface area contributed by atoms with E-state index < -0.39 is 11.2 Å². The van der Waals surface area contributed by atoms with Gasteiger partial charge in [-0.1, -0.05) is 0 Å². The van der Waals surface area contributed by atoms with Crippen LogP contribution in [0.4, 0.5) is 0 Å². The topological polar surface area (TPSA) is 37.3 Å². The number of rotatable bonds is 3. The predicted octanol–water partition coefficient (Wildman–Crippen LogP) is 0.689. The normalized spacial score (nSPS) is 13.2. The van der Waals surface area contributed by atoms with Gasteiger partial charge in [0, 0.05) is 0 Å². The van der Waals surface area contributed by atoms with Crippen LogP contribution < -0.4 is 0 Å². The molecule has 1 atom stereocenters. The second-order valence-corrected chi connectivity index (χ2v) is 2.44. The molecule has 0 saturated carbocycles. The van der Waals surface area contributed by atoms with E-state index in [1.807, 2.05) is 0 Å². The van der Waals surface area contributed by atoms with Gasteiger partial charge in [-0.25, -0.2) is 0 Å². The number of carbonyl (C=O) groups is 1. The molecule has 1 N–H and O–H groups in total. The molecule has 0 aromatic carbocycles. The number of hydrogen-bond donors (Lipinski definition) is 3. The molecule has 0 unspecified atom stereocenters. The summed E-state index contributed by atoms with van der Waals surface area (Å²) >= 11 is 7.60. The molecular formula is C4H8O2S2. The van der Waals surface area contributed by atoms with Crippen molar-refractivity contribution in [3.8, 4) is 0 Å². The van der Waals surface area contributed by atoms with Gasteiger partial charge in [0.1, 0.15) is 5.25 Å². The van der Waals surface area contributed by atoms with Crippen molar-refractivity contribution >= 4 is 31.2 Å². The average Bonchev–Trinajstić information content (AvgIpc) is 1.67. The molecule has 48 valence electrons. The van der Waals surface area contributed by atoms with Crippen LogP contribution in [0.2, 0.25) is 0 Å². The summed E-state index contributed by atoms with van der Waals surface area (Å²) < 4.78 is 0. The second-order valence-electron chi connectivity index (χ2n) is 1.37. The Morgan fingerprint density at radius 3 is 2.38 bits per heavy atom. The number of carboxylic acid groups (broad SMARTS) is 1. The van der Waals surface area contributed by atoms with Crippen molar-refractivity contribution < 1.29 is 9.90 Å². The minimum atomic E-state index is -0.873. The van der Waals surface area contributed by atoms with Crippen molar-refractivity contribution in [1.29, 1.82) is 0 Å². The highest BCUT2D eigenvalue weighted by Crippen LogP contribution is 2.01. The summed E-state index contributed by atoms with van der Waals surface area (Å²) in [6.07, 6.45) is 0.515. The molecule has 0 fully saturated rings. The van der Waals surface area contributed by atoms with Crippen LogP contribution in [0.5, 0.6) is 0 Å². The van der Waals surface area contributed by atoms with Crippen molar-refractivity contribution in [2.45, 2.75) is 11.7 Å².